The fourth-order valence-corrected chi connectivity index (χ4v) is 4.59. The van der Waals surface area contributed by atoms with Gasteiger partial charge in [0.05, 0.1) is 10.9 Å². The Balaban J connectivity index is 2.05. The molecule has 3 rings (SSSR count). The van der Waals surface area contributed by atoms with Gasteiger partial charge in [-0.05, 0) is 76.4 Å². The summed E-state index contributed by atoms with van der Waals surface area (Å²) < 4.78 is 15.4. The molecule has 1 saturated heterocycles. The van der Waals surface area contributed by atoms with Gasteiger partial charge in [-0.15, -0.1) is 0 Å². The van der Waals surface area contributed by atoms with Gasteiger partial charge >= 0.3 is 0 Å². The van der Waals surface area contributed by atoms with E-state index in [1.807, 2.05) is 6.92 Å². The Morgan fingerprint density at radius 2 is 2.00 bits per heavy atom. The van der Waals surface area contributed by atoms with Crippen molar-refractivity contribution in [1.29, 1.82) is 0 Å². The summed E-state index contributed by atoms with van der Waals surface area (Å²) in [4.78, 5) is 20.5. The van der Waals surface area contributed by atoms with Gasteiger partial charge in [-0.25, -0.2) is 9.37 Å². The fraction of sp³-hybridized carbons (Fsp3) is 0.636. The Bertz CT molecular complexity index is 832. The van der Waals surface area contributed by atoms with Crippen molar-refractivity contribution in [3.63, 3.8) is 0 Å². The average molecular weight is 374 g/mol. The lowest BCUT2D eigenvalue weighted by atomic mass is 9.82. The van der Waals surface area contributed by atoms with E-state index in [-0.39, 0.29) is 17.3 Å². The SMILES string of the molecule is CCCC(c1nc2ccc(F)cc2c(=O)n1CC)C1CCCN(CC)CC1. The molecule has 0 spiro atoms. The molecule has 1 aromatic heterocycles. The Kier molecular flexibility index (Phi) is 6.64. The number of fused-ring (bicyclic) bond motifs is 1. The van der Waals surface area contributed by atoms with Crippen LogP contribution >= 0.6 is 0 Å². The van der Waals surface area contributed by atoms with E-state index in [0.717, 1.165) is 44.7 Å². The summed E-state index contributed by atoms with van der Waals surface area (Å²) in [7, 11) is 0. The molecule has 0 aliphatic carbocycles. The number of aromatic nitrogens is 2. The van der Waals surface area contributed by atoms with E-state index in [9.17, 15) is 9.18 Å². The molecule has 1 aromatic carbocycles. The minimum absolute atomic E-state index is 0.109. The van der Waals surface area contributed by atoms with Crippen LogP contribution in [0.25, 0.3) is 10.9 Å². The van der Waals surface area contributed by atoms with Gasteiger partial charge in [0, 0.05) is 12.5 Å². The molecule has 1 fully saturated rings. The lowest BCUT2D eigenvalue weighted by Gasteiger charge is -2.28. The molecule has 0 N–H and O–H groups in total. The van der Waals surface area contributed by atoms with Crippen molar-refractivity contribution in [3.8, 4) is 0 Å². The summed E-state index contributed by atoms with van der Waals surface area (Å²) in [5.41, 5.74) is 0.507. The van der Waals surface area contributed by atoms with E-state index in [2.05, 4.69) is 18.7 Å². The summed E-state index contributed by atoms with van der Waals surface area (Å²) in [5, 5.41) is 0.383. The number of hydrogen-bond acceptors (Lipinski definition) is 3. The Morgan fingerprint density at radius 3 is 2.70 bits per heavy atom. The molecular weight excluding hydrogens is 341 g/mol. The largest absolute Gasteiger partial charge is 0.304 e. The molecule has 0 amide bonds. The van der Waals surface area contributed by atoms with E-state index >= 15 is 0 Å². The molecule has 148 valence electrons. The van der Waals surface area contributed by atoms with Gasteiger partial charge in [-0.3, -0.25) is 9.36 Å². The summed E-state index contributed by atoms with van der Waals surface area (Å²) in [6.45, 7) is 10.4. The summed E-state index contributed by atoms with van der Waals surface area (Å²) >= 11 is 0. The molecule has 0 radical (unpaired) electrons. The van der Waals surface area contributed by atoms with Crippen LogP contribution in [0.2, 0.25) is 0 Å². The zero-order valence-electron chi connectivity index (χ0n) is 16.9. The van der Waals surface area contributed by atoms with Crippen LogP contribution in [-0.2, 0) is 6.54 Å². The maximum absolute atomic E-state index is 13.7. The Morgan fingerprint density at radius 1 is 1.19 bits per heavy atom. The van der Waals surface area contributed by atoms with Gasteiger partial charge in [-0.2, -0.15) is 0 Å². The second-order valence-electron chi connectivity index (χ2n) is 7.70. The predicted molar refractivity (Wildman–Crippen MR) is 109 cm³/mol. The third-order valence-corrected chi connectivity index (χ3v) is 6.07. The van der Waals surface area contributed by atoms with E-state index < -0.39 is 0 Å². The molecule has 2 aromatic rings. The van der Waals surface area contributed by atoms with Crippen molar-refractivity contribution in [1.82, 2.24) is 14.5 Å². The van der Waals surface area contributed by atoms with Crippen LogP contribution in [0.3, 0.4) is 0 Å². The van der Waals surface area contributed by atoms with Gasteiger partial charge in [0.1, 0.15) is 11.6 Å². The summed E-state index contributed by atoms with van der Waals surface area (Å²) in [6.07, 6.45) is 5.64. The van der Waals surface area contributed by atoms with Crippen molar-refractivity contribution < 1.29 is 4.39 Å². The molecule has 2 heterocycles. The maximum Gasteiger partial charge on any atom is 0.261 e. The molecule has 0 saturated carbocycles. The van der Waals surface area contributed by atoms with Crippen LogP contribution in [0.4, 0.5) is 4.39 Å². The molecule has 2 unspecified atom stereocenters. The quantitative estimate of drug-likeness (QED) is 0.745. The fourth-order valence-electron chi connectivity index (χ4n) is 4.59. The predicted octanol–water partition coefficient (Wildman–Crippen LogP) is 4.56. The van der Waals surface area contributed by atoms with Crippen LogP contribution in [0.5, 0.6) is 0 Å². The molecule has 4 nitrogen and oxygen atoms in total. The molecule has 5 heteroatoms. The Labute approximate surface area is 161 Å². The lowest BCUT2D eigenvalue weighted by molar-refractivity contribution is 0.284. The van der Waals surface area contributed by atoms with Crippen LogP contribution < -0.4 is 5.56 Å². The second-order valence-corrected chi connectivity index (χ2v) is 7.70. The minimum atomic E-state index is -0.384. The summed E-state index contributed by atoms with van der Waals surface area (Å²) in [5.74, 6) is 1.35. The third kappa shape index (κ3) is 4.23. The van der Waals surface area contributed by atoms with Crippen molar-refractivity contribution in [2.24, 2.45) is 5.92 Å². The van der Waals surface area contributed by atoms with Crippen molar-refractivity contribution in [2.45, 2.75) is 65.3 Å². The van der Waals surface area contributed by atoms with Crippen LogP contribution in [0.1, 0.15) is 64.6 Å². The minimum Gasteiger partial charge on any atom is -0.304 e. The second kappa shape index (κ2) is 8.96. The van der Waals surface area contributed by atoms with Gasteiger partial charge in [0.2, 0.25) is 0 Å². The lowest BCUT2D eigenvalue weighted by Crippen LogP contribution is -2.29. The number of rotatable bonds is 6. The number of benzene rings is 1. The number of halogens is 1. The highest BCUT2D eigenvalue weighted by atomic mass is 19.1. The average Bonchev–Trinajstić information content (AvgIpc) is 2.92. The third-order valence-electron chi connectivity index (χ3n) is 6.07. The van der Waals surface area contributed by atoms with Crippen molar-refractivity contribution in [3.05, 3.63) is 40.2 Å². The van der Waals surface area contributed by atoms with E-state index in [1.54, 1.807) is 10.6 Å². The van der Waals surface area contributed by atoms with Gasteiger partial charge in [-0.1, -0.05) is 20.3 Å². The number of likely N-dealkylation sites (tertiary alicyclic amines) is 1. The molecular formula is C22H32FN3O. The van der Waals surface area contributed by atoms with Gasteiger partial charge in [0.15, 0.2) is 0 Å². The first kappa shape index (κ1) is 20.0. The van der Waals surface area contributed by atoms with E-state index in [0.29, 0.717) is 23.4 Å². The first-order valence-electron chi connectivity index (χ1n) is 10.5. The molecule has 1 aliphatic heterocycles. The highest BCUT2D eigenvalue weighted by Gasteiger charge is 2.29. The standard InChI is InChI=1S/C22H32FN3O/c1-4-8-18(16-9-7-13-25(5-2)14-12-16)21-24-20-11-10-17(23)15-19(20)22(27)26(21)6-3/h10-11,15-16,18H,4-9,12-14H2,1-3H3. The van der Waals surface area contributed by atoms with Gasteiger partial charge < -0.3 is 4.90 Å². The zero-order valence-corrected chi connectivity index (χ0v) is 16.9. The maximum atomic E-state index is 13.7. The first-order valence-corrected chi connectivity index (χ1v) is 10.5. The first-order chi connectivity index (χ1) is 13.1. The monoisotopic (exact) mass is 373 g/mol. The smallest absolute Gasteiger partial charge is 0.261 e. The van der Waals surface area contributed by atoms with Crippen LogP contribution in [-0.4, -0.2) is 34.1 Å². The zero-order chi connectivity index (χ0) is 19.4. The Hall–Kier alpha value is -1.75. The molecule has 2 atom stereocenters. The number of nitrogens with zero attached hydrogens (tertiary/aromatic N) is 3. The molecule has 27 heavy (non-hydrogen) atoms. The summed E-state index contributed by atoms with van der Waals surface area (Å²) in [6, 6.07) is 4.36. The number of hydrogen-bond donors (Lipinski definition) is 0. The van der Waals surface area contributed by atoms with E-state index in [1.165, 1.54) is 25.0 Å². The van der Waals surface area contributed by atoms with Crippen molar-refractivity contribution in [2.75, 3.05) is 19.6 Å². The highest BCUT2D eigenvalue weighted by molar-refractivity contribution is 5.77. The topological polar surface area (TPSA) is 38.1 Å². The highest BCUT2D eigenvalue weighted by Crippen LogP contribution is 2.35. The van der Waals surface area contributed by atoms with Crippen LogP contribution in [0, 0.1) is 11.7 Å². The van der Waals surface area contributed by atoms with Crippen molar-refractivity contribution >= 4 is 10.9 Å². The van der Waals surface area contributed by atoms with Crippen LogP contribution in [0.15, 0.2) is 23.0 Å². The van der Waals surface area contributed by atoms with Gasteiger partial charge in [0.25, 0.3) is 5.56 Å². The van der Waals surface area contributed by atoms with E-state index in [4.69, 9.17) is 4.98 Å². The normalized spacial score (nSPS) is 19.9. The molecule has 0 bridgehead atoms. The molecule has 1 aliphatic rings.